The third kappa shape index (κ3) is 8.51. The van der Waals surface area contributed by atoms with Crippen LogP contribution in [0.25, 0.3) is 0 Å². The van der Waals surface area contributed by atoms with E-state index in [0.717, 1.165) is 3.57 Å². The fraction of sp³-hybridized carbons (Fsp3) is 0.600. The molecular weight excluding hydrogens is 551 g/mol. The van der Waals surface area contributed by atoms with E-state index in [4.69, 9.17) is 14.6 Å². The minimum atomic E-state index is -1.02. The first kappa shape index (κ1) is 28.5. The Morgan fingerprint density at radius 1 is 1.29 bits per heavy atom. The molecule has 0 fully saturated rings. The molecule has 0 heterocycles. The number of carbonyl (C=O) groups excluding carboxylic acids is 2. The van der Waals surface area contributed by atoms with Crippen molar-refractivity contribution in [2.24, 2.45) is 5.92 Å². The molecule has 1 aliphatic carbocycles. The zero-order valence-corrected chi connectivity index (χ0v) is 22.4. The van der Waals surface area contributed by atoms with Gasteiger partial charge in [-0.3, -0.25) is 9.59 Å². The maximum Gasteiger partial charge on any atom is 0.247 e. The van der Waals surface area contributed by atoms with Crippen molar-refractivity contribution >= 4 is 34.4 Å². The normalized spacial score (nSPS) is 20.1. The molecule has 3 N–H and O–H groups in total. The van der Waals surface area contributed by atoms with Crippen LogP contribution in [-0.2, 0) is 14.3 Å². The lowest BCUT2D eigenvalue weighted by Gasteiger charge is -2.41. The molecule has 0 saturated carbocycles. The number of hydrogen-bond donors (Lipinski definition) is 3. The van der Waals surface area contributed by atoms with E-state index < -0.39 is 18.2 Å². The lowest BCUT2D eigenvalue weighted by Crippen LogP contribution is -2.55. The maximum absolute atomic E-state index is 13.2. The van der Waals surface area contributed by atoms with Gasteiger partial charge in [-0.15, -0.1) is 0 Å². The Bertz CT molecular complexity index is 831. The van der Waals surface area contributed by atoms with Crippen LogP contribution in [0.15, 0.2) is 35.9 Å². The minimum Gasteiger partial charge on any atom is -0.482 e. The van der Waals surface area contributed by atoms with Crippen LogP contribution >= 0.6 is 22.6 Å². The number of para-hydroxylation sites is 1. The lowest BCUT2D eigenvalue weighted by atomic mass is 9.87. The molecule has 34 heavy (non-hydrogen) atoms. The smallest absolute Gasteiger partial charge is 0.247 e. The van der Waals surface area contributed by atoms with Crippen LogP contribution in [0.1, 0.15) is 40.0 Å². The molecule has 2 amide bonds. The van der Waals surface area contributed by atoms with Crippen LogP contribution in [0.2, 0.25) is 0 Å². The Morgan fingerprint density at radius 2 is 2.03 bits per heavy atom. The summed E-state index contributed by atoms with van der Waals surface area (Å²) < 4.78 is 12.5. The number of benzene rings is 1. The molecule has 9 heteroatoms. The average molecular weight is 588 g/mol. The molecule has 1 aliphatic rings. The molecule has 2 rings (SSSR count). The number of rotatable bonds is 13. The summed E-state index contributed by atoms with van der Waals surface area (Å²) in [5, 5.41) is 23.1. The molecule has 0 bridgehead atoms. The molecule has 0 spiro atoms. The van der Waals surface area contributed by atoms with Gasteiger partial charge in [0.05, 0.1) is 16.2 Å². The Hall–Kier alpha value is -1.69. The molecule has 0 aromatic heterocycles. The number of halogens is 1. The first-order valence-electron chi connectivity index (χ1n) is 11.8. The fourth-order valence-electron chi connectivity index (χ4n) is 3.89. The van der Waals surface area contributed by atoms with E-state index >= 15 is 0 Å². The van der Waals surface area contributed by atoms with Crippen molar-refractivity contribution in [2.75, 3.05) is 32.9 Å². The standard InChI is InChI=1S/C25H37IN2O6/c1-4-33-13-7-11-28(23(30)14-17(2)3)20-15-18(25(32)27-10-12-29)16-22(24(20)31)34-21-9-6-5-8-19(21)26/h5-6,8-9,16-17,20,22,24,29,31H,4,7,10-15H2,1-3H3,(H,27,32). The van der Waals surface area contributed by atoms with E-state index in [9.17, 15) is 14.7 Å². The highest BCUT2D eigenvalue weighted by molar-refractivity contribution is 14.1. The van der Waals surface area contributed by atoms with Gasteiger partial charge in [0.1, 0.15) is 18.0 Å². The van der Waals surface area contributed by atoms with Gasteiger partial charge in [0.2, 0.25) is 11.8 Å². The van der Waals surface area contributed by atoms with Crippen molar-refractivity contribution < 1.29 is 29.3 Å². The summed E-state index contributed by atoms with van der Waals surface area (Å²) in [6, 6.07) is 6.81. The Balaban J connectivity index is 2.35. The van der Waals surface area contributed by atoms with Crippen LogP contribution in [0, 0.1) is 9.49 Å². The summed E-state index contributed by atoms with van der Waals surface area (Å²) in [5.74, 6) is 0.340. The van der Waals surface area contributed by atoms with Gasteiger partial charge in [-0.25, -0.2) is 0 Å². The van der Waals surface area contributed by atoms with Gasteiger partial charge in [-0.1, -0.05) is 26.0 Å². The van der Waals surface area contributed by atoms with E-state index in [1.165, 1.54) is 0 Å². The predicted octanol–water partition coefficient (Wildman–Crippen LogP) is 2.51. The number of aliphatic hydroxyl groups is 2. The van der Waals surface area contributed by atoms with Gasteiger partial charge in [-0.05, 0) is 60.1 Å². The van der Waals surface area contributed by atoms with Crippen LogP contribution in [0.4, 0.5) is 0 Å². The van der Waals surface area contributed by atoms with Crippen molar-refractivity contribution in [2.45, 2.75) is 58.3 Å². The number of nitrogens with zero attached hydrogens (tertiary/aromatic N) is 1. The molecule has 0 radical (unpaired) electrons. The largest absolute Gasteiger partial charge is 0.482 e. The summed E-state index contributed by atoms with van der Waals surface area (Å²) in [6.45, 7) is 7.33. The van der Waals surface area contributed by atoms with E-state index in [-0.39, 0.29) is 37.3 Å². The highest BCUT2D eigenvalue weighted by atomic mass is 127. The molecule has 190 valence electrons. The molecular formula is C25H37IN2O6. The first-order chi connectivity index (χ1) is 16.3. The van der Waals surface area contributed by atoms with Gasteiger partial charge in [0.15, 0.2) is 0 Å². The number of ether oxygens (including phenoxy) is 2. The topological polar surface area (TPSA) is 108 Å². The SMILES string of the molecule is CCOCCCN(C(=O)CC(C)C)C1CC(C(=O)NCCO)=CC(Oc2ccccc2I)C1O. The van der Waals surface area contributed by atoms with E-state index in [0.29, 0.717) is 43.9 Å². The zero-order chi connectivity index (χ0) is 25.1. The van der Waals surface area contributed by atoms with Gasteiger partial charge in [-0.2, -0.15) is 0 Å². The Kier molecular flexibility index (Phi) is 12.3. The molecule has 0 saturated heterocycles. The van der Waals surface area contributed by atoms with Crippen LogP contribution < -0.4 is 10.1 Å². The summed E-state index contributed by atoms with van der Waals surface area (Å²) in [4.78, 5) is 27.7. The third-order valence-electron chi connectivity index (χ3n) is 5.51. The van der Waals surface area contributed by atoms with Crippen molar-refractivity contribution in [3.05, 3.63) is 39.5 Å². The predicted molar refractivity (Wildman–Crippen MR) is 138 cm³/mol. The molecule has 3 unspecified atom stereocenters. The van der Waals surface area contributed by atoms with Crippen molar-refractivity contribution in [1.82, 2.24) is 10.2 Å². The van der Waals surface area contributed by atoms with Crippen molar-refractivity contribution in [1.29, 1.82) is 0 Å². The number of amides is 2. The second-order valence-corrected chi connectivity index (χ2v) is 9.84. The zero-order valence-electron chi connectivity index (χ0n) is 20.2. The highest BCUT2D eigenvalue weighted by Crippen LogP contribution is 2.30. The van der Waals surface area contributed by atoms with Gasteiger partial charge >= 0.3 is 0 Å². The Labute approximate surface area is 215 Å². The number of hydrogen-bond acceptors (Lipinski definition) is 6. The quantitative estimate of drug-likeness (QED) is 0.242. The minimum absolute atomic E-state index is 0.0689. The van der Waals surface area contributed by atoms with Crippen molar-refractivity contribution in [3.8, 4) is 5.75 Å². The van der Waals surface area contributed by atoms with Crippen LogP contribution in [0.5, 0.6) is 5.75 Å². The van der Waals surface area contributed by atoms with Gasteiger partial charge in [0.25, 0.3) is 0 Å². The van der Waals surface area contributed by atoms with Crippen molar-refractivity contribution in [3.63, 3.8) is 0 Å². The summed E-state index contributed by atoms with van der Waals surface area (Å²) >= 11 is 2.16. The number of aliphatic hydroxyl groups excluding tert-OH is 2. The maximum atomic E-state index is 13.2. The number of carbonyl (C=O) groups is 2. The fourth-order valence-corrected chi connectivity index (χ4v) is 4.40. The molecule has 1 aromatic carbocycles. The third-order valence-corrected chi connectivity index (χ3v) is 6.40. The Morgan fingerprint density at radius 3 is 2.68 bits per heavy atom. The summed E-state index contributed by atoms with van der Waals surface area (Å²) in [6.07, 6.45) is 0.957. The van der Waals surface area contributed by atoms with Crippen LogP contribution in [0.3, 0.4) is 0 Å². The molecule has 1 aromatic rings. The molecule has 8 nitrogen and oxygen atoms in total. The first-order valence-corrected chi connectivity index (χ1v) is 12.9. The number of nitrogens with one attached hydrogen (secondary N) is 1. The summed E-state index contributed by atoms with van der Waals surface area (Å²) in [5.41, 5.74) is 0.423. The van der Waals surface area contributed by atoms with E-state index in [1.807, 2.05) is 39.0 Å². The van der Waals surface area contributed by atoms with Gasteiger partial charge in [0, 0.05) is 44.7 Å². The molecule has 3 atom stereocenters. The lowest BCUT2D eigenvalue weighted by molar-refractivity contribution is -0.139. The average Bonchev–Trinajstić information content (AvgIpc) is 2.80. The second kappa shape index (κ2) is 14.7. The van der Waals surface area contributed by atoms with Crippen LogP contribution in [-0.4, -0.2) is 78.1 Å². The highest BCUT2D eigenvalue weighted by Gasteiger charge is 2.40. The molecule has 0 aliphatic heterocycles. The summed E-state index contributed by atoms with van der Waals surface area (Å²) in [7, 11) is 0. The van der Waals surface area contributed by atoms with E-state index in [1.54, 1.807) is 17.0 Å². The monoisotopic (exact) mass is 588 g/mol. The van der Waals surface area contributed by atoms with E-state index in [2.05, 4.69) is 27.9 Å². The second-order valence-electron chi connectivity index (χ2n) is 8.68. The van der Waals surface area contributed by atoms with Gasteiger partial charge < -0.3 is 29.9 Å².